The van der Waals surface area contributed by atoms with E-state index in [1.54, 1.807) is 0 Å². The molecule has 3 aliphatic rings. The summed E-state index contributed by atoms with van der Waals surface area (Å²) in [5.74, 6) is -0.256. The molecule has 0 radical (unpaired) electrons. The van der Waals surface area contributed by atoms with Crippen molar-refractivity contribution in [3.8, 4) is 11.5 Å². The Bertz CT molecular complexity index is 757. The van der Waals surface area contributed by atoms with Crippen LogP contribution in [0.1, 0.15) is 44.1 Å². The molecular formula is C23H31F3N2O3. The molecule has 1 unspecified atom stereocenters. The number of ether oxygens (including phenoxy) is 2. The maximum absolute atomic E-state index is 12.9. The number of carbonyl (C=O) groups is 1. The Hall–Kier alpha value is -1.96. The highest BCUT2D eigenvalue weighted by Crippen LogP contribution is 2.39. The van der Waals surface area contributed by atoms with E-state index in [4.69, 9.17) is 9.47 Å². The molecule has 1 saturated carbocycles. The molecule has 0 spiro atoms. The Labute approximate surface area is 181 Å². The SMILES string of the molecule is O=C(NC(Cc1ccc2c(c1)OCCO2)CN1CCCC1)C1CCC(C(F)(F)F)CC1. The highest BCUT2D eigenvalue weighted by molar-refractivity contribution is 5.79. The summed E-state index contributed by atoms with van der Waals surface area (Å²) in [4.78, 5) is 15.3. The highest BCUT2D eigenvalue weighted by atomic mass is 19.4. The van der Waals surface area contributed by atoms with Crippen molar-refractivity contribution in [3.05, 3.63) is 23.8 Å². The van der Waals surface area contributed by atoms with Crippen LogP contribution in [-0.4, -0.2) is 55.9 Å². The van der Waals surface area contributed by atoms with Crippen molar-refractivity contribution in [2.75, 3.05) is 32.8 Å². The average Bonchev–Trinajstić information content (AvgIpc) is 3.26. The molecule has 2 heterocycles. The second-order valence-electron chi connectivity index (χ2n) is 8.99. The van der Waals surface area contributed by atoms with E-state index in [9.17, 15) is 18.0 Å². The van der Waals surface area contributed by atoms with Crippen LogP contribution in [0.4, 0.5) is 13.2 Å². The van der Waals surface area contributed by atoms with Crippen LogP contribution in [-0.2, 0) is 11.2 Å². The number of hydrogen-bond donors (Lipinski definition) is 1. The van der Waals surface area contributed by atoms with Crippen LogP contribution in [0, 0.1) is 11.8 Å². The van der Waals surface area contributed by atoms with E-state index in [1.807, 2.05) is 18.2 Å². The Kier molecular flexibility index (Phi) is 6.94. The topological polar surface area (TPSA) is 50.8 Å². The minimum absolute atomic E-state index is 0.0422. The lowest BCUT2D eigenvalue weighted by molar-refractivity contribution is -0.184. The van der Waals surface area contributed by atoms with Crippen molar-refractivity contribution in [1.82, 2.24) is 10.2 Å². The summed E-state index contributed by atoms with van der Waals surface area (Å²) in [5.41, 5.74) is 1.05. The molecule has 2 aliphatic heterocycles. The zero-order chi connectivity index (χ0) is 21.8. The van der Waals surface area contributed by atoms with Gasteiger partial charge in [-0.15, -0.1) is 0 Å². The van der Waals surface area contributed by atoms with Crippen molar-refractivity contribution < 1.29 is 27.4 Å². The van der Waals surface area contributed by atoms with Crippen LogP contribution in [0.15, 0.2) is 18.2 Å². The molecule has 0 aromatic heterocycles. The second-order valence-corrected chi connectivity index (χ2v) is 8.99. The summed E-state index contributed by atoms with van der Waals surface area (Å²) >= 11 is 0. The van der Waals surface area contributed by atoms with Gasteiger partial charge in [-0.25, -0.2) is 0 Å². The van der Waals surface area contributed by atoms with Gasteiger partial charge in [0.2, 0.25) is 5.91 Å². The van der Waals surface area contributed by atoms with E-state index < -0.39 is 12.1 Å². The largest absolute Gasteiger partial charge is 0.486 e. The van der Waals surface area contributed by atoms with Crippen molar-refractivity contribution in [1.29, 1.82) is 0 Å². The highest BCUT2D eigenvalue weighted by Gasteiger charge is 2.42. The van der Waals surface area contributed by atoms with Crippen LogP contribution in [0.2, 0.25) is 0 Å². The third-order valence-corrected chi connectivity index (χ3v) is 6.67. The monoisotopic (exact) mass is 440 g/mol. The van der Waals surface area contributed by atoms with Crippen LogP contribution < -0.4 is 14.8 Å². The Balaban J connectivity index is 1.38. The molecule has 31 heavy (non-hydrogen) atoms. The lowest BCUT2D eigenvalue weighted by Gasteiger charge is -2.31. The van der Waals surface area contributed by atoms with E-state index in [0.29, 0.717) is 32.5 Å². The van der Waals surface area contributed by atoms with Crippen LogP contribution in [0.3, 0.4) is 0 Å². The molecule has 1 amide bonds. The number of amides is 1. The molecule has 8 heteroatoms. The zero-order valence-corrected chi connectivity index (χ0v) is 17.8. The summed E-state index contributed by atoms with van der Waals surface area (Å²) < 4.78 is 50.1. The first-order valence-corrected chi connectivity index (χ1v) is 11.4. The van der Waals surface area contributed by atoms with Crippen LogP contribution in [0.25, 0.3) is 0 Å². The quantitative estimate of drug-likeness (QED) is 0.728. The fourth-order valence-electron chi connectivity index (χ4n) is 4.94. The van der Waals surface area contributed by atoms with E-state index >= 15 is 0 Å². The molecule has 172 valence electrons. The molecule has 2 fully saturated rings. The summed E-state index contributed by atoms with van der Waals surface area (Å²) in [7, 11) is 0. The predicted molar refractivity (Wildman–Crippen MR) is 110 cm³/mol. The van der Waals surface area contributed by atoms with Crippen molar-refractivity contribution in [2.24, 2.45) is 11.8 Å². The number of halogens is 3. The van der Waals surface area contributed by atoms with Crippen molar-refractivity contribution >= 4 is 5.91 Å². The minimum Gasteiger partial charge on any atom is -0.486 e. The first-order chi connectivity index (χ1) is 14.9. The molecular weight excluding hydrogens is 409 g/mol. The number of likely N-dealkylation sites (tertiary alicyclic amines) is 1. The molecule has 1 aromatic carbocycles. The normalized spacial score (nSPS) is 25.3. The van der Waals surface area contributed by atoms with Gasteiger partial charge in [0, 0.05) is 18.5 Å². The average molecular weight is 441 g/mol. The Morgan fingerprint density at radius 1 is 1.06 bits per heavy atom. The molecule has 1 aromatic rings. The second kappa shape index (κ2) is 9.67. The predicted octanol–water partition coefficient (Wildman–Crippen LogP) is 3.95. The fourth-order valence-corrected chi connectivity index (χ4v) is 4.94. The van der Waals surface area contributed by atoms with Crippen molar-refractivity contribution in [3.63, 3.8) is 0 Å². The van der Waals surface area contributed by atoms with Gasteiger partial charge >= 0.3 is 6.18 Å². The lowest BCUT2D eigenvalue weighted by Crippen LogP contribution is -2.47. The lowest BCUT2D eigenvalue weighted by atomic mass is 9.81. The number of carbonyl (C=O) groups excluding carboxylic acids is 1. The smallest absolute Gasteiger partial charge is 0.391 e. The zero-order valence-electron chi connectivity index (χ0n) is 17.8. The van der Waals surface area contributed by atoms with Crippen LogP contribution >= 0.6 is 0 Å². The van der Waals surface area contributed by atoms with Gasteiger partial charge in [-0.2, -0.15) is 13.2 Å². The minimum atomic E-state index is -4.15. The van der Waals surface area contributed by atoms with E-state index in [1.165, 1.54) is 0 Å². The maximum atomic E-state index is 12.9. The van der Waals surface area contributed by atoms with Gasteiger partial charge in [-0.3, -0.25) is 4.79 Å². The number of benzene rings is 1. The molecule has 4 rings (SSSR count). The molecule has 1 aliphatic carbocycles. The fraction of sp³-hybridized carbons (Fsp3) is 0.696. The van der Waals surface area contributed by atoms with E-state index in [0.717, 1.165) is 49.5 Å². The number of nitrogens with zero attached hydrogens (tertiary/aromatic N) is 1. The van der Waals surface area contributed by atoms with Gasteiger partial charge in [-0.05, 0) is 75.7 Å². The third kappa shape index (κ3) is 5.84. The molecule has 1 N–H and O–H groups in total. The Morgan fingerprint density at radius 3 is 2.42 bits per heavy atom. The van der Waals surface area contributed by atoms with Gasteiger partial charge in [-0.1, -0.05) is 6.07 Å². The van der Waals surface area contributed by atoms with E-state index in [-0.39, 0.29) is 30.7 Å². The van der Waals surface area contributed by atoms with Crippen molar-refractivity contribution in [2.45, 2.75) is 57.2 Å². The number of rotatable bonds is 6. The molecule has 0 bridgehead atoms. The number of nitrogens with one attached hydrogen (secondary N) is 1. The van der Waals surface area contributed by atoms with E-state index in [2.05, 4.69) is 10.2 Å². The molecule has 1 saturated heterocycles. The number of alkyl halides is 3. The summed E-state index contributed by atoms with van der Waals surface area (Å²) in [6.45, 7) is 3.84. The summed E-state index contributed by atoms with van der Waals surface area (Å²) in [5, 5.41) is 3.16. The maximum Gasteiger partial charge on any atom is 0.391 e. The number of hydrogen-bond acceptors (Lipinski definition) is 4. The standard InChI is InChI=1S/C23H31F3N2O3/c24-23(25,26)18-6-4-17(5-7-18)22(29)27-19(15-28-9-1-2-10-28)13-16-3-8-20-21(14-16)31-12-11-30-20/h3,8,14,17-19H,1-2,4-7,9-13,15H2,(H,27,29). The van der Waals surface area contributed by atoms with Gasteiger partial charge in [0.05, 0.1) is 5.92 Å². The Morgan fingerprint density at radius 2 is 1.74 bits per heavy atom. The van der Waals surface area contributed by atoms with Gasteiger partial charge in [0.25, 0.3) is 0 Å². The van der Waals surface area contributed by atoms with Gasteiger partial charge < -0.3 is 19.7 Å². The first kappa shape index (κ1) is 22.2. The molecule has 1 atom stereocenters. The summed E-state index contributed by atoms with van der Waals surface area (Å²) in [6, 6.07) is 5.77. The van der Waals surface area contributed by atoms with Crippen LogP contribution in [0.5, 0.6) is 11.5 Å². The molecule has 5 nitrogen and oxygen atoms in total. The summed E-state index contributed by atoms with van der Waals surface area (Å²) in [6.07, 6.45) is -0.499. The van der Waals surface area contributed by atoms with Gasteiger partial charge in [0.15, 0.2) is 11.5 Å². The third-order valence-electron chi connectivity index (χ3n) is 6.67. The van der Waals surface area contributed by atoms with Gasteiger partial charge in [0.1, 0.15) is 13.2 Å². The number of fused-ring (bicyclic) bond motifs is 1. The first-order valence-electron chi connectivity index (χ1n) is 11.4.